The van der Waals surface area contributed by atoms with Gasteiger partial charge in [0.2, 0.25) is 0 Å². The maximum absolute atomic E-state index is 11.4. The summed E-state index contributed by atoms with van der Waals surface area (Å²) in [4.78, 5) is 11.4. The fraction of sp³-hybridized carbons (Fsp3) is 0.364. The van der Waals surface area contributed by atoms with Crippen LogP contribution in [-0.4, -0.2) is 23.5 Å². The average Bonchev–Trinajstić information content (AvgIpc) is 2.23. The summed E-state index contributed by atoms with van der Waals surface area (Å²) >= 11 is 0. The van der Waals surface area contributed by atoms with E-state index in [-0.39, 0.29) is 0 Å². The highest BCUT2D eigenvalue weighted by Gasteiger charge is 2.14. The molecule has 0 aliphatic carbocycles. The van der Waals surface area contributed by atoms with Gasteiger partial charge in [-0.15, -0.1) is 0 Å². The predicted octanol–water partition coefficient (Wildman–Crippen LogP) is 1.24. The summed E-state index contributed by atoms with van der Waals surface area (Å²) in [6.07, 6.45) is 1.63. The zero-order valence-corrected chi connectivity index (χ0v) is 10.4. The summed E-state index contributed by atoms with van der Waals surface area (Å²) in [6.45, 7) is 1.81. The lowest BCUT2D eigenvalue weighted by Gasteiger charge is -2.10. The van der Waals surface area contributed by atoms with Crippen LogP contribution in [0.3, 0.4) is 0 Å². The largest absolute Gasteiger partial charge is 0.465 e. The van der Waals surface area contributed by atoms with Crippen LogP contribution in [-0.2, 0) is 21.3 Å². The Hall–Kier alpha value is -1.36. The van der Waals surface area contributed by atoms with Gasteiger partial charge in [0.1, 0.15) is 0 Å². The van der Waals surface area contributed by atoms with E-state index in [0.717, 1.165) is 11.1 Å². The van der Waals surface area contributed by atoms with Crippen molar-refractivity contribution in [3.63, 3.8) is 0 Å². The number of nitrogens with two attached hydrogens (primary N) is 1. The Morgan fingerprint density at radius 2 is 2.12 bits per heavy atom. The summed E-state index contributed by atoms with van der Waals surface area (Å²) in [5.41, 5.74) is 8.27. The monoisotopic (exact) mass is 241 g/mol. The van der Waals surface area contributed by atoms with E-state index in [1.165, 1.54) is 7.11 Å². The highest BCUT2D eigenvalue weighted by atomic mass is 32.2. The topological polar surface area (TPSA) is 69.4 Å². The van der Waals surface area contributed by atoms with E-state index in [9.17, 15) is 9.00 Å². The van der Waals surface area contributed by atoms with Gasteiger partial charge in [0.05, 0.1) is 12.7 Å². The quantitative estimate of drug-likeness (QED) is 0.638. The zero-order chi connectivity index (χ0) is 12.3. The molecule has 0 aliphatic heterocycles. The molecule has 1 unspecified atom stereocenters. The van der Waals surface area contributed by atoms with Gasteiger partial charge in [0.15, 0.2) is 0 Å². The molecule has 2 N–H and O–H groups in total. The van der Waals surface area contributed by atoms with E-state index in [1.807, 2.05) is 6.92 Å². The highest BCUT2D eigenvalue weighted by Crippen LogP contribution is 2.22. The van der Waals surface area contributed by atoms with Gasteiger partial charge in [-0.25, -0.2) is 4.79 Å². The SMILES string of the molecule is COC(=O)c1ccc(CS(C)=O)c(C)c1N. The van der Waals surface area contributed by atoms with Crippen LogP contribution in [0.2, 0.25) is 0 Å². The number of hydrogen-bond donors (Lipinski definition) is 1. The fourth-order valence-corrected chi connectivity index (χ4v) is 2.19. The minimum Gasteiger partial charge on any atom is -0.465 e. The molecule has 4 nitrogen and oxygen atoms in total. The summed E-state index contributed by atoms with van der Waals surface area (Å²) < 4.78 is 15.7. The van der Waals surface area contributed by atoms with Crippen molar-refractivity contribution in [2.75, 3.05) is 19.1 Å². The van der Waals surface area contributed by atoms with Crippen molar-refractivity contribution in [3.8, 4) is 0 Å². The first-order valence-electron chi connectivity index (χ1n) is 4.73. The second kappa shape index (κ2) is 5.12. The second-order valence-electron chi connectivity index (χ2n) is 3.52. The Morgan fingerprint density at radius 3 is 2.62 bits per heavy atom. The molecule has 1 atom stereocenters. The van der Waals surface area contributed by atoms with Crippen LogP contribution in [0.1, 0.15) is 21.5 Å². The number of hydrogen-bond acceptors (Lipinski definition) is 4. The first kappa shape index (κ1) is 12.7. The molecule has 0 bridgehead atoms. The van der Waals surface area contributed by atoms with Crippen molar-refractivity contribution in [1.82, 2.24) is 0 Å². The lowest BCUT2D eigenvalue weighted by Crippen LogP contribution is -2.09. The van der Waals surface area contributed by atoms with Crippen LogP contribution < -0.4 is 5.73 Å². The van der Waals surface area contributed by atoms with Crippen LogP contribution in [0.15, 0.2) is 12.1 Å². The van der Waals surface area contributed by atoms with E-state index in [0.29, 0.717) is 17.0 Å². The van der Waals surface area contributed by atoms with Gasteiger partial charge in [-0.1, -0.05) is 6.07 Å². The van der Waals surface area contributed by atoms with E-state index in [2.05, 4.69) is 4.74 Å². The first-order chi connectivity index (χ1) is 7.47. The number of carbonyl (C=O) groups is 1. The van der Waals surface area contributed by atoms with Gasteiger partial charge in [0.25, 0.3) is 0 Å². The standard InChI is InChI=1S/C11H15NO3S/c1-7-8(6-16(3)14)4-5-9(10(7)12)11(13)15-2/h4-5H,6,12H2,1-3H3. The number of nitrogen functional groups attached to an aromatic ring is 1. The number of esters is 1. The molecule has 0 aromatic heterocycles. The average molecular weight is 241 g/mol. The van der Waals surface area contributed by atoms with Crippen molar-refractivity contribution in [2.24, 2.45) is 0 Å². The van der Waals surface area contributed by atoms with Crippen LogP contribution in [0.5, 0.6) is 0 Å². The molecule has 0 radical (unpaired) electrons. The molecule has 0 aliphatic rings. The fourth-order valence-electron chi connectivity index (χ4n) is 1.44. The smallest absolute Gasteiger partial charge is 0.339 e. The van der Waals surface area contributed by atoms with Crippen molar-refractivity contribution < 1.29 is 13.7 Å². The van der Waals surface area contributed by atoms with Gasteiger partial charge >= 0.3 is 5.97 Å². The molecule has 0 spiro atoms. The number of benzene rings is 1. The van der Waals surface area contributed by atoms with E-state index >= 15 is 0 Å². The third-order valence-corrected chi connectivity index (χ3v) is 3.11. The van der Waals surface area contributed by atoms with E-state index in [4.69, 9.17) is 5.73 Å². The number of anilines is 1. The molecule has 1 rings (SSSR count). The lowest BCUT2D eigenvalue weighted by molar-refractivity contribution is 0.0602. The lowest BCUT2D eigenvalue weighted by atomic mass is 10.0. The normalized spacial score (nSPS) is 12.2. The van der Waals surface area contributed by atoms with Crippen LogP contribution in [0, 0.1) is 6.92 Å². The Balaban J connectivity index is 3.17. The van der Waals surface area contributed by atoms with Crippen LogP contribution in [0.4, 0.5) is 5.69 Å². The maximum Gasteiger partial charge on any atom is 0.339 e. The van der Waals surface area contributed by atoms with Crippen LogP contribution >= 0.6 is 0 Å². The molecule has 0 amide bonds. The van der Waals surface area contributed by atoms with Crippen molar-refractivity contribution in [3.05, 3.63) is 28.8 Å². The van der Waals surface area contributed by atoms with Gasteiger partial charge < -0.3 is 10.5 Å². The van der Waals surface area contributed by atoms with Gasteiger partial charge in [-0.05, 0) is 24.1 Å². The summed E-state index contributed by atoms with van der Waals surface area (Å²) in [7, 11) is 0.386. The molecular formula is C11H15NO3S. The van der Waals surface area contributed by atoms with Crippen molar-refractivity contribution in [2.45, 2.75) is 12.7 Å². The molecule has 0 fully saturated rings. The molecule has 0 saturated heterocycles. The third kappa shape index (κ3) is 2.61. The second-order valence-corrected chi connectivity index (χ2v) is 4.96. The predicted molar refractivity (Wildman–Crippen MR) is 64.7 cm³/mol. The molecule has 1 aromatic rings. The molecule has 0 heterocycles. The first-order valence-corrected chi connectivity index (χ1v) is 6.46. The van der Waals surface area contributed by atoms with Crippen molar-refractivity contribution in [1.29, 1.82) is 0 Å². The minimum atomic E-state index is -0.926. The number of rotatable bonds is 3. The Morgan fingerprint density at radius 1 is 1.50 bits per heavy atom. The van der Waals surface area contributed by atoms with E-state index < -0.39 is 16.8 Å². The van der Waals surface area contributed by atoms with Gasteiger partial charge in [-0.2, -0.15) is 0 Å². The molecule has 88 valence electrons. The highest BCUT2D eigenvalue weighted by molar-refractivity contribution is 7.83. The number of ether oxygens (including phenoxy) is 1. The van der Waals surface area contributed by atoms with Gasteiger partial charge in [-0.3, -0.25) is 4.21 Å². The Labute approximate surface area is 97.2 Å². The summed E-state index contributed by atoms with van der Waals surface area (Å²) in [5, 5.41) is 0. The molecule has 0 saturated carbocycles. The third-order valence-electron chi connectivity index (χ3n) is 2.39. The maximum atomic E-state index is 11.4. The molecule has 1 aromatic carbocycles. The van der Waals surface area contributed by atoms with Gasteiger partial charge in [0, 0.05) is 28.5 Å². The minimum absolute atomic E-state index is 0.352. The number of methoxy groups -OCH3 is 1. The summed E-state index contributed by atoms with van der Waals surface area (Å²) in [6, 6.07) is 3.37. The Bertz CT molecular complexity index is 443. The zero-order valence-electron chi connectivity index (χ0n) is 9.57. The number of carbonyl (C=O) groups excluding carboxylic acids is 1. The van der Waals surface area contributed by atoms with E-state index in [1.54, 1.807) is 18.4 Å². The molecule has 16 heavy (non-hydrogen) atoms. The molecular weight excluding hydrogens is 226 g/mol. The van der Waals surface area contributed by atoms with Crippen molar-refractivity contribution >= 4 is 22.5 Å². The molecule has 5 heteroatoms. The summed E-state index contributed by atoms with van der Waals surface area (Å²) in [5.74, 6) is -0.0120. The Kier molecular flexibility index (Phi) is 4.06. The van der Waals surface area contributed by atoms with Crippen LogP contribution in [0.25, 0.3) is 0 Å².